The van der Waals surface area contributed by atoms with Crippen LogP contribution >= 0.6 is 11.6 Å². The molecule has 0 aliphatic heterocycles. The van der Waals surface area contributed by atoms with E-state index in [-0.39, 0.29) is 0 Å². The van der Waals surface area contributed by atoms with E-state index in [1.54, 1.807) is 0 Å². The van der Waals surface area contributed by atoms with E-state index in [1.807, 2.05) is 12.1 Å². The highest BCUT2D eigenvalue weighted by Gasteiger charge is 2.17. The first-order valence-electron chi connectivity index (χ1n) is 3.48. The predicted octanol–water partition coefficient (Wildman–Crippen LogP) is 2.19. The molecule has 1 aliphatic carbocycles. The van der Waals surface area contributed by atoms with E-state index >= 15 is 0 Å². The van der Waals surface area contributed by atoms with Crippen LogP contribution in [0.1, 0.15) is 11.1 Å². The zero-order valence-electron chi connectivity index (χ0n) is 5.60. The van der Waals surface area contributed by atoms with Gasteiger partial charge in [-0.05, 0) is 30.0 Å². The van der Waals surface area contributed by atoms with Gasteiger partial charge in [0, 0.05) is 5.38 Å². The molecule has 0 amide bonds. The van der Waals surface area contributed by atoms with E-state index < -0.39 is 0 Å². The van der Waals surface area contributed by atoms with Crippen LogP contribution in [0.25, 0.3) is 0 Å². The number of halogens is 1. The molecule has 0 bridgehead atoms. The third kappa shape index (κ3) is 0.929. The molecule has 0 saturated heterocycles. The normalized spacial score (nSPS) is 17.3. The van der Waals surface area contributed by atoms with Crippen molar-refractivity contribution in [3.8, 4) is 0 Å². The van der Waals surface area contributed by atoms with Gasteiger partial charge in [0.25, 0.3) is 0 Å². The van der Waals surface area contributed by atoms with Crippen molar-refractivity contribution in [1.29, 1.82) is 0 Å². The summed E-state index contributed by atoms with van der Waals surface area (Å²) in [6.07, 6.45) is 2.06. The van der Waals surface area contributed by atoms with Crippen molar-refractivity contribution in [2.45, 2.75) is 18.2 Å². The van der Waals surface area contributed by atoms with Gasteiger partial charge < -0.3 is 0 Å². The molecule has 1 radical (unpaired) electrons. The summed E-state index contributed by atoms with van der Waals surface area (Å²) >= 11 is 5.96. The lowest BCUT2D eigenvalue weighted by Crippen LogP contribution is -1.93. The van der Waals surface area contributed by atoms with Crippen molar-refractivity contribution in [2.75, 3.05) is 0 Å². The molecule has 51 valence electrons. The third-order valence-electron chi connectivity index (χ3n) is 1.93. The van der Waals surface area contributed by atoms with Crippen LogP contribution < -0.4 is 0 Å². The van der Waals surface area contributed by atoms with Crippen LogP contribution in [0, 0.1) is 6.07 Å². The first-order valence-corrected chi connectivity index (χ1v) is 3.92. The Morgan fingerprint density at radius 1 is 1.40 bits per heavy atom. The van der Waals surface area contributed by atoms with Crippen LogP contribution in [0.15, 0.2) is 18.2 Å². The maximum Gasteiger partial charge on any atom is 0.0416 e. The topological polar surface area (TPSA) is 0 Å². The second-order valence-electron chi connectivity index (χ2n) is 2.70. The summed E-state index contributed by atoms with van der Waals surface area (Å²) in [4.78, 5) is 0. The molecule has 1 heteroatoms. The first-order chi connectivity index (χ1) is 4.86. The van der Waals surface area contributed by atoms with Crippen LogP contribution in [0.3, 0.4) is 0 Å². The second-order valence-corrected chi connectivity index (χ2v) is 3.32. The average molecular weight is 152 g/mol. The number of hydrogen-bond donors (Lipinski definition) is 0. The molecule has 1 aliphatic rings. The Hall–Kier alpha value is -0.490. The fourth-order valence-electron chi connectivity index (χ4n) is 1.44. The maximum atomic E-state index is 5.96. The minimum absolute atomic E-state index is 0.325. The van der Waals surface area contributed by atoms with Crippen LogP contribution in [-0.4, -0.2) is 5.38 Å². The smallest absolute Gasteiger partial charge is 0.0416 e. The molecule has 1 unspecified atom stereocenters. The molecule has 0 nitrogen and oxygen atoms in total. The van der Waals surface area contributed by atoms with Gasteiger partial charge in [0.1, 0.15) is 0 Å². The number of fused-ring (bicyclic) bond motifs is 1. The monoisotopic (exact) mass is 151 g/mol. The van der Waals surface area contributed by atoms with E-state index in [2.05, 4.69) is 12.1 Å². The largest absolute Gasteiger partial charge is 0.122 e. The Morgan fingerprint density at radius 2 is 2.20 bits per heavy atom. The number of rotatable bonds is 0. The molecular weight excluding hydrogens is 144 g/mol. The van der Waals surface area contributed by atoms with Crippen LogP contribution in [0.2, 0.25) is 0 Å². The van der Waals surface area contributed by atoms with Crippen molar-refractivity contribution in [2.24, 2.45) is 0 Å². The van der Waals surface area contributed by atoms with E-state index in [9.17, 15) is 0 Å². The Morgan fingerprint density at radius 3 is 3.00 bits per heavy atom. The van der Waals surface area contributed by atoms with E-state index in [0.29, 0.717) is 5.38 Å². The molecular formula is C9H8Cl. The zero-order valence-corrected chi connectivity index (χ0v) is 6.36. The summed E-state index contributed by atoms with van der Waals surface area (Å²) in [5, 5.41) is 0.325. The average Bonchev–Trinajstić information content (AvgIpc) is 2.27. The van der Waals surface area contributed by atoms with Crippen LogP contribution in [0.4, 0.5) is 0 Å². The molecule has 0 N–H and O–H groups in total. The summed E-state index contributed by atoms with van der Waals surface area (Å²) in [6.45, 7) is 0. The van der Waals surface area contributed by atoms with Gasteiger partial charge >= 0.3 is 0 Å². The standard InChI is InChI=1S/C9H8Cl/c10-9-5-7-3-1-2-4-8(7)6-9/h1,3-4,9H,5-6H2. The van der Waals surface area contributed by atoms with E-state index in [0.717, 1.165) is 12.8 Å². The van der Waals surface area contributed by atoms with Gasteiger partial charge in [-0.3, -0.25) is 0 Å². The molecule has 1 aromatic rings. The van der Waals surface area contributed by atoms with Gasteiger partial charge in [-0.1, -0.05) is 18.2 Å². The Balaban J connectivity index is 2.42. The lowest BCUT2D eigenvalue weighted by atomic mass is 10.1. The van der Waals surface area contributed by atoms with Crippen molar-refractivity contribution in [3.05, 3.63) is 35.4 Å². The fourth-order valence-corrected chi connectivity index (χ4v) is 1.77. The van der Waals surface area contributed by atoms with Crippen molar-refractivity contribution in [1.82, 2.24) is 0 Å². The quantitative estimate of drug-likeness (QED) is 0.499. The summed E-state index contributed by atoms with van der Waals surface area (Å²) in [7, 11) is 0. The summed E-state index contributed by atoms with van der Waals surface area (Å²) in [5.74, 6) is 0. The molecule has 1 atom stereocenters. The van der Waals surface area contributed by atoms with Gasteiger partial charge in [-0.25, -0.2) is 0 Å². The van der Waals surface area contributed by atoms with Crippen LogP contribution in [0.5, 0.6) is 0 Å². The Kier molecular flexibility index (Phi) is 1.42. The van der Waals surface area contributed by atoms with E-state index in [1.165, 1.54) is 11.1 Å². The predicted molar refractivity (Wildman–Crippen MR) is 42.3 cm³/mol. The van der Waals surface area contributed by atoms with Gasteiger partial charge in [0.05, 0.1) is 0 Å². The van der Waals surface area contributed by atoms with Crippen molar-refractivity contribution >= 4 is 11.6 Å². The SMILES string of the molecule is ClC1Cc2c[c]ccc2C1. The first kappa shape index (κ1) is 6.23. The highest BCUT2D eigenvalue weighted by atomic mass is 35.5. The molecule has 0 aromatic heterocycles. The highest BCUT2D eigenvalue weighted by Crippen LogP contribution is 2.24. The van der Waals surface area contributed by atoms with E-state index in [4.69, 9.17) is 11.6 Å². The van der Waals surface area contributed by atoms with Gasteiger partial charge in [0.2, 0.25) is 0 Å². The van der Waals surface area contributed by atoms with Gasteiger partial charge in [-0.2, -0.15) is 0 Å². The summed E-state index contributed by atoms with van der Waals surface area (Å²) < 4.78 is 0. The molecule has 10 heavy (non-hydrogen) atoms. The lowest BCUT2D eigenvalue weighted by Gasteiger charge is -1.92. The Bertz CT molecular complexity index is 217. The maximum absolute atomic E-state index is 5.96. The third-order valence-corrected chi connectivity index (χ3v) is 2.24. The Labute approximate surface area is 65.8 Å². The van der Waals surface area contributed by atoms with Crippen molar-refractivity contribution in [3.63, 3.8) is 0 Å². The zero-order chi connectivity index (χ0) is 6.97. The second kappa shape index (κ2) is 2.28. The number of alkyl halides is 1. The minimum atomic E-state index is 0.325. The minimum Gasteiger partial charge on any atom is -0.122 e. The lowest BCUT2D eigenvalue weighted by molar-refractivity contribution is 0.922. The number of benzene rings is 1. The van der Waals surface area contributed by atoms with Crippen LogP contribution in [-0.2, 0) is 12.8 Å². The molecule has 0 saturated carbocycles. The molecule has 0 heterocycles. The van der Waals surface area contributed by atoms with Gasteiger partial charge in [-0.15, -0.1) is 11.6 Å². The highest BCUT2D eigenvalue weighted by molar-refractivity contribution is 6.21. The molecule has 0 spiro atoms. The summed E-state index contributed by atoms with van der Waals surface area (Å²) in [5.41, 5.74) is 2.78. The molecule has 2 rings (SSSR count). The van der Waals surface area contributed by atoms with Crippen molar-refractivity contribution < 1.29 is 0 Å². The number of hydrogen-bond acceptors (Lipinski definition) is 0. The molecule has 0 fully saturated rings. The summed E-state index contributed by atoms with van der Waals surface area (Å²) in [6, 6.07) is 9.16. The van der Waals surface area contributed by atoms with Gasteiger partial charge in [0.15, 0.2) is 0 Å². The molecule has 1 aromatic carbocycles. The fraction of sp³-hybridized carbons (Fsp3) is 0.333.